The van der Waals surface area contributed by atoms with Gasteiger partial charge < -0.3 is 15.0 Å². The van der Waals surface area contributed by atoms with E-state index in [1.165, 1.54) is 5.56 Å². The zero-order chi connectivity index (χ0) is 16.3. The summed E-state index contributed by atoms with van der Waals surface area (Å²) in [4.78, 5) is 24.5. The molecule has 1 N–H and O–H groups in total. The Bertz CT molecular complexity index is 639. The van der Waals surface area contributed by atoms with Crippen LogP contribution >= 0.6 is 24.0 Å². The first-order valence-electron chi connectivity index (χ1n) is 6.65. The highest BCUT2D eigenvalue weighted by molar-refractivity contribution is 8.26. The molecule has 1 atom stereocenters. The third kappa shape index (κ3) is 3.37. The smallest absolute Gasteiger partial charge is 0.266 e. The molecule has 1 amide bonds. The molecule has 0 unspecified atom stereocenters. The van der Waals surface area contributed by atoms with Crippen molar-refractivity contribution in [2.45, 2.75) is 19.4 Å². The Morgan fingerprint density at radius 3 is 2.59 bits per heavy atom. The Hall–Kier alpha value is -1.70. The Balaban J connectivity index is 2.26. The molecular formula is C15H14NO4S2-. The number of aliphatic hydroxyl groups excluding tert-OH is 1. The van der Waals surface area contributed by atoms with Crippen LogP contribution in [0.3, 0.4) is 0 Å². The number of thiocarbonyl (C=S) groups is 1. The molecule has 116 valence electrons. The van der Waals surface area contributed by atoms with E-state index >= 15 is 0 Å². The fraction of sp³-hybridized carbons (Fsp3) is 0.267. The summed E-state index contributed by atoms with van der Waals surface area (Å²) in [5, 5.41) is 20.1. The van der Waals surface area contributed by atoms with E-state index in [2.05, 4.69) is 6.92 Å². The summed E-state index contributed by atoms with van der Waals surface area (Å²) in [5.41, 5.74) is 2.01. The average molecular weight is 336 g/mol. The van der Waals surface area contributed by atoms with Crippen LogP contribution in [-0.2, 0) is 16.0 Å². The normalized spacial score (nSPS) is 18.1. The standard InChI is InChI=1S/C15H15NO4S2/c1-2-9-3-5-10(6-4-9)7-12-13(18)16(15(21)22-12)11(8-17)14(19)20/h3-7,11,17H,2,8H2,1H3,(H,19,20)/p-1/b12-7-/t11-/m1/s1. The second-order valence-corrected chi connectivity index (χ2v) is 6.34. The number of carboxylic acids is 1. The summed E-state index contributed by atoms with van der Waals surface area (Å²) in [6, 6.07) is 6.23. The quantitative estimate of drug-likeness (QED) is 0.625. The lowest BCUT2D eigenvalue weighted by Crippen LogP contribution is -2.51. The molecular weight excluding hydrogens is 322 g/mol. The van der Waals surface area contributed by atoms with E-state index in [4.69, 9.17) is 17.3 Å². The van der Waals surface area contributed by atoms with Crippen LogP contribution in [0.15, 0.2) is 29.2 Å². The first-order chi connectivity index (χ1) is 10.5. The number of carbonyl (C=O) groups excluding carboxylic acids is 2. The third-order valence-electron chi connectivity index (χ3n) is 3.27. The van der Waals surface area contributed by atoms with Gasteiger partial charge in [0.05, 0.1) is 17.5 Å². The summed E-state index contributed by atoms with van der Waals surface area (Å²) in [5.74, 6) is -2.06. The van der Waals surface area contributed by atoms with Gasteiger partial charge in [0.25, 0.3) is 5.91 Å². The Labute approximate surface area is 137 Å². The summed E-state index contributed by atoms with van der Waals surface area (Å²) >= 11 is 6.05. The van der Waals surface area contributed by atoms with E-state index in [-0.39, 0.29) is 4.32 Å². The number of benzene rings is 1. The van der Waals surface area contributed by atoms with Gasteiger partial charge in [-0.1, -0.05) is 55.2 Å². The fourth-order valence-electron chi connectivity index (χ4n) is 2.01. The molecule has 5 nitrogen and oxygen atoms in total. The van der Waals surface area contributed by atoms with E-state index in [0.717, 1.165) is 28.6 Å². The number of hydrogen-bond donors (Lipinski definition) is 1. The molecule has 0 aliphatic carbocycles. The molecule has 7 heteroatoms. The van der Waals surface area contributed by atoms with E-state index in [1.54, 1.807) is 6.08 Å². The minimum atomic E-state index is -1.53. The van der Waals surface area contributed by atoms with Crippen LogP contribution in [0.5, 0.6) is 0 Å². The van der Waals surface area contributed by atoms with Crippen molar-refractivity contribution < 1.29 is 19.8 Å². The minimum absolute atomic E-state index is 0.102. The van der Waals surface area contributed by atoms with Crippen molar-refractivity contribution in [3.05, 3.63) is 40.3 Å². The van der Waals surface area contributed by atoms with E-state index in [0.29, 0.717) is 4.91 Å². The molecule has 1 saturated heterocycles. The molecule has 1 aliphatic heterocycles. The van der Waals surface area contributed by atoms with Crippen molar-refractivity contribution in [1.29, 1.82) is 0 Å². The van der Waals surface area contributed by atoms with Gasteiger partial charge in [-0.3, -0.25) is 9.69 Å². The van der Waals surface area contributed by atoms with Gasteiger partial charge >= 0.3 is 0 Å². The Morgan fingerprint density at radius 1 is 1.45 bits per heavy atom. The number of aliphatic carboxylic acids is 1. The van der Waals surface area contributed by atoms with Crippen molar-refractivity contribution in [3.63, 3.8) is 0 Å². The Kier molecular flexibility index (Phi) is 5.33. The summed E-state index contributed by atoms with van der Waals surface area (Å²) in [6.45, 7) is 1.31. The summed E-state index contributed by atoms with van der Waals surface area (Å²) in [7, 11) is 0. The number of carboxylic acid groups (broad SMARTS) is 1. The van der Waals surface area contributed by atoms with Crippen LogP contribution in [0.1, 0.15) is 18.1 Å². The zero-order valence-electron chi connectivity index (χ0n) is 11.8. The molecule has 1 heterocycles. The van der Waals surface area contributed by atoms with Crippen LogP contribution in [0, 0.1) is 0 Å². The van der Waals surface area contributed by atoms with Crippen molar-refractivity contribution in [3.8, 4) is 0 Å². The van der Waals surface area contributed by atoms with Crippen molar-refractivity contribution in [2.24, 2.45) is 0 Å². The van der Waals surface area contributed by atoms with E-state index in [9.17, 15) is 14.7 Å². The maximum atomic E-state index is 12.3. The lowest BCUT2D eigenvalue weighted by Gasteiger charge is -2.25. The topological polar surface area (TPSA) is 80.7 Å². The molecule has 0 aromatic heterocycles. The molecule has 1 aliphatic rings. The molecule has 0 bridgehead atoms. The van der Waals surface area contributed by atoms with Crippen LogP contribution < -0.4 is 5.11 Å². The predicted octanol–water partition coefficient (Wildman–Crippen LogP) is 0.561. The number of aliphatic hydroxyl groups is 1. The maximum Gasteiger partial charge on any atom is 0.266 e. The molecule has 1 aromatic rings. The molecule has 0 spiro atoms. The molecule has 22 heavy (non-hydrogen) atoms. The van der Waals surface area contributed by atoms with Gasteiger partial charge in [0.2, 0.25) is 0 Å². The van der Waals surface area contributed by atoms with E-state index < -0.39 is 24.5 Å². The van der Waals surface area contributed by atoms with Crippen LogP contribution in [0.4, 0.5) is 0 Å². The number of thioether (sulfide) groups is 1. The summed E-state index contributed by atoms with van der Waals surface area (Å²) < 4.78 is 0.102. The monoisotopic (exact) mass is 336 g/mol. The third-order valence-corrected chi connectivity index (χ3v) is 4.60. The lowest BCUT2D eigenvalue weighted by atomic mass is 10.1. The van der Waals surface area contributed by atoms with Gasteiger partial charge in [0, 0.05) is 0 Å². The Morgan fingerprint density at radius 2 is 2.09 bits per heavy atom. The summed E-state index contributed by atoms with van der Waals surface area (Å²) in [6.07, 6.45) is 2.58. The van der Waals surface area contributed by atoms with Crippen molar-refractivity contribution in [1.82, 2.24) is 4.90 Å². The SMILES string of the molecule is CCc1ccc(/C=C2\SC(=S)N([C@H](CO)C(=O)[O-])C2=O)cc1. The first kappa shape index (κ1) is 16.7. The zero-order valence-corrected chi connectivity index (χ0v) is 13.4. The second-order valence-electron chi connectivity index (χ2n) is 4.66. The number of amides is 1. The highest BCUT2D eigenvalue weighted by Gasteiger charge is 2.37. The van der Waals surface area contributed by atoms with Gasteiger partial charge in [0.1, 0.15) is 10.4 Å². The molecule has 2 rings (SSSR count). The molecule has 0 radical (unpaired) electrons. The van der Waals surface area contributed by atoms with Crippen molar-refractivity contribution in [2.75, 3.05) is 6.61 Å². The van der Waals surface area contributed by atoms with Crippen LogP contribution in [0.25, 0.3) is 6.08 Å². The van der Waals surface area contributed by atoms with Gasteiger partial charge in [-0.15, -0.1) is 0 Å². The van der Waals surface area contributed by atoms with Crippen LogP contribution in [0.2, 0.25) is 0 Å². The second kappa shape index (κ2) is 7.04. The van der Waals surface area contributed by atoms with Gasteiger partial charge in [-0.2, -0.15) is 0 Å². The number of carbonyl (C=O) groups is 2. The lowest BCUT2D eigenvalue weighted by molar-refractivity contribution is -0.311. The number of rotatable bonds is 5. The van der Waals surface area contributed by atoms with E-state index in [1.807, 2.05) is 24.3 Å². The largest absolute Gasteiger partial charge is 0.548 e. The van der Waals surface area contributed by atoms with Gasteiger partial charge in [-0.25, -0.2) is 0 Å². The first-order valence-corrected chi connectivity index (χ1v) is 7.88. The van der Waals surface area contributed by atoms with Gasteiger partial charge in [-0.05, 0) is 23.6 Å². The maximum absolute atomic E-state index is 12.3. The predicted molar refractivity (Wildman–Crippen MR) is 86.7 cm³/mol. The fourth-order valence-corrected chi connectivity index (χ4v) is 3.37. The highest BCUT2D eigenvalue weighted by Crippen LogP contribution is 2.33. The number of aryl methyl sites for hydroxylation is 1. The molecule has 0 saturated carbocycles. The average Bonchev–Trinajstić information content (AvgIpc) is 2.76. The molecule has 1 fully saturated rings. The highest BCUT2D eigenvalue weighted by atomic mass is 32.2. The number of nitrogens with zero attached hydrogens (tertiary/aromatic N) is 1. The van der Waals surface area contributed by atoms with Gasteiger partial charge in [0.15, 0.2) is 0 Å². The van der Waals surface area contributed by atoms with Crippen LogP contribution in [-0.4, -0.2) is 38.9 Å². The minimum Gasteiger partial charge on any atom is -0.548 e. The molecule has 1 aromatic carbocycles. The number of hydrogen-bond acceptors (Lipinski definition) is 6. The van der Waals surface area contributed by atoms with Crippen molar-refractivity contribution >= 4 is 46.3 Å².